The second kappa shape index (κ2) is 7.63. The van der Waals surface area contributed by atoms with Crippen LogP contribution in [-0.4, -0.2) is 32.1 Å². The minimum atomic E-state index is -0.288. The fourth-order valence-corrected chi connectivity index (χ4v) is 4.55. The number of hydrogen-bond donors (Lipinski definition) is 0. The molecule has 3 aromatic rings. The summed E-state index contributed by atoms with van der Waals surface area (Å²) in [6.07, 6.45) is 2.23. The van der Waals surface area contributed by atoms with Gasteiger partial charge in [-0.2, -0.15) is 0 Å². The van der Waals surface area contributed by atoms with Gasteiger partial charge in [0.05, 0.1) is 0 Å². The number of nitrogens with zero attached hydrogens (tertiary/aromatic N) is 1. The summed E-state index contributed by atoms with van der Waals surface area (Å²) >= 11 is 0. The summed E-state index contributed by atoms with van der Waals surface area (Å²) in [5, 5.41) is 2.56. The van der Waals surface area contributed by atoms with Crippen LogP contribution in [0.25, 0.3) is 21.9 Å². The van der Waals surface area contributed by atoms with Gasteiger partial charge in [0, 0.05) is 13.2 Å². The number of aryl methyl sites for hydroxylation is 1. The van der Waals surface area contributed by atoms with Gasteiger partial charge in [-0.25, -0.2) is 0 Å². The van der Waals surface area contributed by atoms with Crippen LogP contribution in [0.3, 0.4) is 0 Å². The Morgan fingerprint density at radius 3 is 2.30 bits per heavy atom. The highest BCUT2D eigenvalue weighted by molar-refractivity contribution is 5.87. The third kappa shape index (κ3) is 3.38. The van der Waals surface area contributed by atoms with Gasteiger partial charge >= 0.3 is 0 Å². The van der Waals surface area contributed by atoms with Gasteiger partial charge in [0.1, 0.15) is 5.60 Å². The molecule has 27 heavy (non-hydrogen) atoms. The van der Waals surface area contributed by atoms with Crippen molar-refractivity contribution in [2.75, 3.05) is 21.2 Å². The third-order valence-corrected chi connectivity index (χ3v) is 6.10. The third-order valence-electron chi connectivity index (χ3n) is 6.10. The molecule has 2 nitrogen and oxygen atoms in total. The van der Waals surface area contributed by atoms with E-state index in [4.69, 9.17) is 4.74 Å². The van der Waals surface area contributed by atoms with Crippen LogP contribution < -0.4 is 0 Å². The highest BCUT2D eigenvalue weighted by Crippen LogP contribution is 2.41. The van der Waals surface area contributed by atoms with Crippen molar-refractivity contribution in [2.24, 2.45) is 0 Å². The van der Waals surface area contributed by atoms with Crippen LogP contribution in [-0.2, 0) is 16.8 Å². The van der Waals surface area contributed by atoms with E-state index < -0.39 is 0 Å². The molecule has 0 saturated carbocycles. The molecule has 0 spiro atoms. The monoisotopic (exact) mass is 381 g/mol. The summed E-state index contributed by atoms with van der Waals surface area (Å²) in [4.78, 5) is 2.30. The molecule has 0 saturated heterocycles. The lowest BCUT2D eigenvalue weighted by molar-refractivity contribution is -0.0685. The van der Waals surface area contributed by atoms with Crippen LogP contribution in [0.2, 0.25) is 0 Å². The molecule has 4 rings (SSSR count). The predicted octanol–water partition coefficient (Wildman–Crippen LogP) is 5.67. The Balaban J connectivity index is 0.00000210. The van der Waals surface area contributed by atoms with Gasteiger partial charge in [0.25, 0.3) is 0 Å². The van der Waals surface area contributed by atoms with E-state index in [9.17, 15) is 0 Å². The summed E-state index contributed by atoms with van der Waals surface area (Å²) in [5.41, 5.74) is 4.98. The van der Waals surface area contributed by atoms with Crippen LogP contribution in [0, 0.1) is 0 Å². The van der Waals surface area contributed by atoms with Crippen LogP contribution >= 0.6 is 12.4 Å². The number of hydrogen-bond acceptors (Lipinski definition) is 2. The van der Waals surface area contributed by atoms with Gasteiger partial charge in [0.15, 0.2) is 0 Å². The molecule has 142 valence electrons. The zero-order valence-electron chi connectivity index (χ0n) is 16.5. The first-order valence-corrected chi connectivity index (χ1v) is 9.37. The lowest BCUT2D eigenvalue weighted by atomic mass is 9.75. The first kappa shape index (κ1) is 19.9. The van der Waals surface area contributed by atoms with Crippen LogP contribution in [0.15, 0.2) is 60.7 Å². The minimum Gasteiger partial charge on any atom is -0.372 e. The van der Waals surface area contributed by atoms with Crippen LogP contribution in [0.5, 0.6) is 0 Å². The maximum absolute atomic E-state index is 6.10. The van der Waals surface area contributed by atoms with Crippen molar-refractivity contribution in [2.45, 2.75) is 31.4 Å². The fraction of sp³-hybridized carbons (Fsp3) is 0.333. The molecule has 0 aromatic heterocycles. The van der Waals surface area contributed by atoms with E-state index in [1.54, 1.807) is 0 Å². The van der Waals surface area contributed by atoms with E-state index in [0.29, 0.717) is 6.04 Å². The largest absolute Gasteiger partial charge is 0.372 e. The lowest BCUT2D eigenvalue weighted by Gasteiger charge is -2.45. The molecule has 0 bridgehead atoms. The van der Waals surface area contributed by atoms with Crippen molar-refractivity contribution in [3.8, 4) is 11.1 Å². The SMILES string of the molecule is COC1(C)c2cc(-c3ccc4ccccc4c3)ccc2CCC1N(C)C.Cl. The number of rotatable bonds is 3. The Morgan fingerprint density at radius 1 is 0.926 bits per heavy atom. The first-order chi connectivity index (χ1) is 12.5. The van der Waals surface area contributed by atoms with E-state index in [0.717, 1.165) is 12.8 Å². The molecule has 1 aliphatic carbocycles. The normalized spacial score (nSPS) is 21.7. The fourth-order valence-electron chi connectivity index (χ4n) is 4.55. The van der Waals surface area contributed by atoms with E-state index >= 15 is 0 Å². The van der Waals surface area contributed by atoms with E-state index in [1.807, 2.05) is 7.11 Å². The Hall–Kier alpha value is -1.87. The molecule has 0 amide bonds. The van der Waals surface area contributed by atoms with Crippen molar-refractivity contribution in [1.82, 2.24) is 4.90 Å². The van der Waals surface area contributed by atoms with Crippen molar-refractivity contribution in [3.63, 3.8) is 0 Å². The zero-order chi connectivity index (χ0) is 18.3. The quantitative estimate of drug-likeness (QED) is 0.579. The smallest absolute Gasteiger partial charge is 0.106 e. The van der Waals surface area contributed by atoms with Crippen molar-refractivity contribution in [3.05, 3.63) is 71.8 Å². The summed E-state index contributed by atoms with van der Waals surface area (Å²) < 4.78 is 6.10. The molecule has 2 unspecified atom stereocenters. The number of benzene rings is 3. The Bertz CT molecular complexity index is 952. The van der Waals surface area contributed by atoms with Crippen LogP contribution in [0.1, 0.15) is 24.5 Å². The summed E-state index contributed by atoms with van der Waals surface area (Å²) in [6.45, 7) is 2.24. The molecule has 1 aliphatic rings. The Labute approximate surface area is 168 Å². The standard InChI is InChI=1S/C24H27NO.ClH/c1-24(26-4)22-16-21(12-10-18(22)13-14-23(24)25(2)3)20-11-9-17-7-5-6-8-19(17)15-20;/h5-12,15-16,23H,13-14H2,1-4H3;1H. The molecule has 2 atom stereocenters. The van der Waals surface area contributed by atoms with Gasteiger partial charge in [-0.3, -0.25) is 0 Å². The van der Waals surface area contributed by atoms with Crippen molar-refractivity contribution >= 4 is 23.2 Å². The minimum absolute atomic E-state index is 0. The number of ether oxygens (including phenoxy) is 1. The zero-order valence-corrected chi connectivity index (χ0v) is 17.3. The molecule has 3 aromatic carbocycles. The number of methoxy groups -OCH3 is 1. The van der Waals surface area contributed by atoms with Gasteiger partial charge in [-0.05, 0) is 79.0 Å². The number of halogens is 1. The highest BCUT2D eigenvalue weighted by Gasteiger charge is 2.42. The number of likely N-dealkylation sites (N-methyl/N-ethyl adjacent to an activating group) is 1. The van der Waals surface area contributed by atoms with Gasteiger partial charge in [-0.1, -0.05) is 48.5 Å². The summed E-state index contributed by atoms with van der Waals surface area (Å²) in [7, 11) is 6.15. The first-order valence-electron chi connectivity index (χ1n) is 9.37. The molecule has 0 aliphatic heterocycles. The molecule has 0 radical (unpaired) electrons. The lowest BCUT2D eigenvalue weighted by Crippen LogP contribution is -2.50. The molecule has 3 heteroatoms. The molecule has 0 N–H and O–H groups in total. The Morgan fingerprint density at radius 2 is 1.59 bits per heavy atom. The van der Waals surface area contributed by atoms with Crippen LogP contribution in [0.4, 0.5) is 0 Å². The molecule has 0 heterocycles. The van der Waals surface area contributed by atoms with Gasteiger partial charge in [0.2, 0.25) is 0 Å². The van der Waals surface area contributed by atoms with Gasteiger partial charge < -0.3 is 9.64 Å². The molecular weight excluding hydrogens is 354 g/mol. The highest BCUT2D eigenvalue weighted by atomic mass is 35.5. The summed E-state index contributed by atoms with van der Waals surface area (Å²) in [5.74, 6) is 0. The van der Waals surface area contributed by atoms with E-state index in [2.05, 4.69) is 86.6 Å². The second-order valence-electron chi connectivity index (χ2n) is 7.76. The van der Waals surface area contributed by atoms with Gasteiger partial charge in [-0.15, -0.1) is 12.4 Å². The summed E-state index contributed by atoms with van der Waals surface area (Å²) in [6, 6.07) is 22.5. The number of fused-ring (bicyclic) bond motifs is 2. The predicted molar refractivity (Wildman–Crippen MR) is 117 cm³/mol. The van der Waals surface area contributed by atoms with E-state index in [1.165, 1.54) is 33.0 Å². The second-order valence-corrected chi connectivity index (χ2v) is 7.76. The van der Waals surface area contributed by atoms with Crippen molar-refractivity contribution < 1.29 is 4.74 Å². The Kier molecular flexibility index (Phi) is 5.62. The maximum Gasteiger partial charge on any atom is 0.106 e. The van der Waals surface area contributed by atoms with Crippen molar-refractivity contribution in [1.29, 1.82) is 0 Å². The average Bonchev–Trinajstić information content (AvgIpc) is 2.67. The molecule has 0 fully saturated rings. The average molecular weight is 382 g/mol. The molecular formula is C24H28ClNO. The topological polar surface area (TPSA) is 12.5 Å². The maximum atomic E-state index is 6.10. The van der Waals surface area contributed by atoms with E-state index in [-0.39, 0.29) is 18.0 Å².